The highest BCUT2D eigenvalue weighted by Crippen LogP contribution is 2.35. The normalized spacial score (nSPS) is 16.4. The van der Waals surface area contributed by atoms with Crippen LogP contribution in [0.5, 0.6) is 5.75 Å². The number of amides is 1. The monoisotopic (exact) mass is 355 g/mol. The Labute approximate surface area is 154 Å². The SMILES string of the molecule is Cc1ccc(C(C)C)c(OCC(=O)N[C@@H]2CCSc3ccccc32)c1. The van der Waals surface area contributed by atoms with Crippen molar-refractivity contribution in [2.24, 2.45) is 0 Å². The van der Waals surface area contributed by atoms with Crippen molar-refractivity contribution in [2.45, 2.75) is 44.0 Å². The van der Waals surface area contributed by atoms with Crippen LogP contribution >= 0.6 is 11.8 Å². The molecule has 3 nitrogen and oxygen atoms in total. The lowest BCUT2D eigenvalue weighted by Crippen LogP contribution is -2.34. The number of nitrogens with one attached hydrogen (secondary N) is 1. The Morgan fingerprint density at radius 3 is 2.88 bits per heavy atom. The van der Waals surface area contributed by atoms with E-state index in [0.717, 1.165) is 29.1 Å². The van der Waals surface area contributed by atoms with Gasteiger partial charge in [-0.05, 0) is 48.1 Å². The van der Waals surface area contributed by atoms with Gasteiger partial charge in [-0.25, -0.2) is 0 Å². The Morgan fingerprint density at radius 2 is 2.08 bits per heavy atom. The molecule has 1 heterocycles. The molecule has 2 aromatic carbocycles. The van der Waals surface area contributed by atoms with E-state index in [4.69, 9.17) is 4.74 Å². The third kappa shape index (κ3) is 4.37. The van der Waals surface area contributed by atoms with E-state index in [-0.39, 0.29) is 18.6 Å². The molecule has 0 aromatic heterocycles. The summed E-state index contributed by atoms with van der Waals surface area (Å²) in [4.78, 5) is 13.7. The van der Waals surface area contributed by atoms with Crippen LogP contribution in [-0.2, 0) is 4.79 Å². The van der Waals surface area contributed by atoms with Crippen LogP contribution in [-0.4, -0.2) is 18.3 Å². The summed E-state index contributed by atoms with van der Waals surface area (Å²) in [5, 5.41) is 3.13. The number of thioether (sulfide) groups is 1. The summed E-state index contributed by atoms with van der Waals surface area (Å²) in [5.74, 6) is 2.13. The fraction of sp³-hybridized carbons (Fsp3) is 0.381. The van der Waals surface area contributed by atoms with Crippen molar-refractivity contribution in [1.82, 2.24) is 5.32 Å². The average Bonchev–Trinajstić information content (AvgIpc) is 2.60. The molecule has 0 radical (unpaired) electrons. The summed E-state index contributed by atoms with van der Waals surface area (Å²) in [6.45, 7) is 6.35. The number of fused-ring (bicyclic) bond motifs is 1. The zero-order chi connectivity index (χ0) is 17.8. The van der Waals surface area contributed by atoms with Gasteiger partial charge in [0.2, 0.25) is 0 Å². The van der Waals surface area contributed by atoms with E-state index in [1.165, 1.54) is 10.5 Å². The van der Waals surface area contributed by atoms with Gasteiger partial charge in [-0.2, -0.15) is 0 Å². The predicted octanol–water partition coefficient (Wildman–Crippen LogP) is 4.85. The van der Waals surface area contributed by atoms with E-state index in [0.29, 0.717) is 5.92 Å². The second-order valence-corrected chi connectivity index (χ2v) is 7.92. The highest BCUT2D eigenvalue weighted by Gasteiger charge is 2.22. The van der Waals surface area contributed by atoms with Gasteiger partial charge in [-0.1, -0.05) is 44.2 Å². The average molecular weight is 356 g/mol. The van der Waals surface area contributed by atoms with Gasteiger partial charge in [-0.15, -0.1) is 11.8 Å². The lowest BCUT2D eigenvalue weighted by atomic mass is 10.0. The number of benzene rings is 2. The predicted molar refractivity (Wildman–Crippen MR) is 103 cm³/mol. The zero-order valence-electron chi connectivity index (χ0n) is 15.0. The first-order valence-corrected chi connectivity index (χ1v) is 9.77. The van der Waals surface area contributed by atoms with Crippen molar-refractivity contribution in [1.29, 1.82) is 0 Å². The number of ether oxygens (including phenoxy) is 1. The molecular weight excluding hydrogens is 330 g/mol. The van der Waals surface area contributed by atoms with Crippen molar-refractivity contribution in [3.05, 3.63) is 59.2 Å². The number of rotatable bonds is 5. The van der Waals surface area contributed by atoms with Crippen LogP contribution < -0.4 is 10.1 Å². The zero-order valence-corrected chi connectivity index (χ0v) is 15.9. The van der Waals surface area contributed by atoms with Crippen LogP contribution in [0.4, 0.5) is 0 Å². The standard InChI is InChI=1S/C21H25NO2S/c1-14(2)16-9-8-15(3)12-19(16)24-13-21(23)22-18-10-11-25-20-7-5-4-6-17(18)20/h4-9,12,14,18H,10-11,13H2,1-3H3,(H,22,23)/t18-/m1/s1. The molecule has 3 rings (SSSR count). The molecule has 1 atom stereocenters. The van der Waals surface area contributed by atoms with Gasteiger partial charge in [0.25, 0.3) is 5.91 Å². The number of aryl methyl sites for hydroxylation is 1. The second kappa shape index (κ2) is 7.96. The maximum atomic E-state index is 12.4. The van der Waals surface area contributed by atoms with Gasteiger partial charge in [0, 0.05) is 10.6 Å². The molecule has 0 saturated heterocycles. The van der Waals surface area contributed by atoms with Crippen molar-refractivity contribution in [3.63, 3.8) is 0 Å². The van der Waals surface area contributed by atoms with E-state index in [2.05, 4.69) is 43.4 Å². The molecule has 1 aliphatic heterocycles. The molecule has 0 fully saturated rings. The fourth-order valence-corrected chi connectivity index (χ4v) is 4.24. The summed E-state index contributed by atoms with van der Waals surface area (Å²) < 4.78 is 5.85. The van der Waals surface area contributed by atoms with Crippen molar-refractivity contribution in [3.8, 4) is 5.75 Å². The Kier molecular flexibility index (Phi) is 5.69. The lowest BCUT2D eigenvalue weighted by molar-refractivity contribution is -0.123. The third-order valence-electron chi connectivity index (χ3n) is 4.44. The van der Waals surface area contributed by atoms with E-state index in [1.54, 1.807) is 0 Å². The Morgan fingerprint density at radius 1 is 1.28 bits per heavy atom. The first-order chi connectivity index (χ1) is 12.0. The first kappa shape index (κ1) is 17.9. The van der Waals surface area contributed by atoms with E-state index < -0.39 is 0 Å². The van der Waals surface area contributed by atoms with Crippen LogP contribution in [0.3, 0.4) is 0 Å². The maximum absolute atomic E-state index is 12.4. The van der Waals surface area contributed by atoms with Crippen molar-refractivity contribution >= 4 is 17.7 Å². The Bertz CT molecular complexity index is 757. The minimum Gasteiger partial charge on any atom is -0.483 e. The summed E-state index contributed by atoms with van der Waals surface area (Å²) in [6, 6.07) is 14.6. The molecule has 2 aromatic rings. The molecule has 0 saturated carbocycles. The lowest BCUT2D eigenvalue weighted by Gasteiger charge is -2.26. The van der Waals surface area contributed by atoms with Crippen molar-refractivity contribution in [2.75, 3.05) is 12.4 Å². The third-order valence-corrected chi connectivity index (χ3v) is 5.57. The smallest absolute Gasteiger partial charge is 0.258 e. The summed E-state index contributed by atoms with van der Waals surface area (Å²) >= 11 is 1.85. The summed E-state index contributed by atoms with van der Waals surface area (Å²) in [6.07, 6.45) is 0.953. The van der Waals surface area contributed by atoms with Crippen LogP contribution in [0.2, 0.25) is 0 Å². The molecule has 0 bridgehead atoms. The molecule has 1 amide bonds. The quantitative estimate of drug-likeness (QED) is 0.833. The van der Waals surface area contributed by atoms with Gasteiger partial charge < -0.3 is 10.1 Å². The molecule has 25 heavy (non-hydrogen) atoms. The minimum atomic E-state index is -0.0667. The fourth-order valence-electron chi connectivity index (χ4n) is 3.11. The number of carbonyl (C=O) groups excluding carboxylic acids is 1. The van der Waals surface area contributed by atoms with E-state index >= 15 is 0 Å². The van der Waals surface area contributed by atoms with Crippen LogP contribution in [0.1, 0.15) is 48.9 Å². The largest absolute Gasteiger partial charge is 0.483 e. The molecule has 0 unspecified atom stereocenters. The van der Waals surface area contributed by atoms with Gasteiger partial charge in [0.15, 0.2) is 6.61 Å². The van der Waals surface area contributed by atoms with Gasteiger partial charge in [0.05, 0.1) is 6.04 Å². The minimum absolute atomic E-state index is 0.0506. The van der Waals surface area contributed by atoms with Crippen LogP contribution in [0.15, 0.2) is 47.4 Å². The molecule has 0 aliphatic carbocycles. The Balaban J connectivity index is 1.64. The molecule has 132 valence electrons. The molecule has 4 heteroatoms. The van der Waals surface area contributed by atoms with Gasteiger partial charge >= 0.3 is 0 Å². The first-order valence-electron chi connectivity index (χ1n) is 8.79. The van der Waals surface area contributed by atoms with E-state index in [9.17, 15) is 4.79 Å². The van der Waals surface area contributed by atoms with Crippen LogP contribution in [0, 0.1) is 6.92 Å². The number of hydrogen-bond donors (Lipinski definition) is 1. The topological polar surface area (TPSA) is 38.3 Å². The van der Waals surface area contributed by atoms with Crippen LogP contribution in [0.25, 0.3) is 0 Å². The molecule has 1 aliphatic rings. The molecular formula is C21H25NO2S. The molecule has 1 N–H and O–H groups in total. The molecule has 0 spiro atoms. The number of hydrogen-bond acceptors (Lipinski definition) is 3. The van der Waals surface area contributed by atoms with Gasteiger partial charge in [-0.3, -0.25) is 4.79 Å². The van der Waals surface area contributed by atoms with Crippen molar-refractivity contribution < 1.29 is 9.53 Å². The maximum Gasteiger partial charge on any atom is 0.258 e. The number of carbonyl (C=O) groups is 1. The summed E-state index contributed by atoms with van der Waals surface area (Å²) in [5.41, 5.74) is 3.49. The Hall–Kier alpha value is -1.94. The van der Waals surface area contributed by atoms with Gasteiger partial charge in [0.1, 0.15) is 5.75 Å². The highest BCUT2D eigenvalue weighted by atomic mass is 32.2. The van der Waals surface area contributed by atoms with E-state index in [1.807, 2.05) is 36.9 Å². The highest BCUT2D eigenvalue weighted by molar-refractivity contribution is 7.99. The summed E-state index contributed by atoms with van der Waals surface area (Å²) in [7, 11) is 0. The second-order valence-electron chi connectivity index (χ2n) is 6.78.